The van der Waals surface area contributed by atoms with Gasteiger partial charge in [-0.05, 0) is 17.7 Å². The van der Waals surface area contributed by atoms with Crippen LogP contribution in [0.1, 0.15) is 18.4 Å². The van der Waals surface area contributed by atoms with E-state index in [9.17, 15) is 0 Å². The van der Waals surface area contributed by atoms with Crippen LogP contribution in [0.15, 0.2) is 24.3 Å². The molecule has 0 saturated carbocycles. The second-order valence-electron chi connectivity index (χ2n) is 3.11. The van der Waals surface area contributed by atoms with Gasteiger partial charge in [-0.3, -0.25) is 0 Å². The third-order valence-corrected chi connectivity index (χ3v) is 1.97. The Balaban J connectivity index is 0. The fourth-order valence-corrected chi connectivity index (χ4v) is 1.12. The fraction of sp³-hybridized carbons (Fsp3) is 0.417. The number of hydrogen-bond acceptors (Lipinski definition) is 2. The minimum atomic E-state index is 0. The maximum Gasteiger partial charge on any atom is 2.00 e. The van der Waals surface area contributed by atoms with Gasteiger partial charge in [-0.25, -0.2) is 0 Å². The second-order valence-corrected chi connectivity index (χ2v) is 3.11. The molecule has 1 aromatic carbocycles. The summed E-state index contributed by atoms with van der Waals surface area (Å²) in [5.41, 5.74) is 1.18. The third kappa shape index (κ3) is 7.49. The Bertz CT molecular complexity index is 252. The van der Waals surface area contributed by atoms with Crippen molar-refractivity contribution in [2.24, 2.45) is 0 Å². The molecule has 1 aromatic rings. The van der Waals surface area contributed by atoms with Crippen LogP contribution >= 0.6 is 0 Å². The van der Waals surface area contributed by atoms with Gasteiger partial charge in [0.05, 0.1) is 13.7 Å². The van der Waals surface area contributed by atoms with E-state index < -0.39 is 0 Å². The minimum absolute atomic E-state index is 0. The Hall–Kier alpha value is 0.226. The number of methoxy groups -OCH3 is 1. The molecule has 0 bridgehead atoms. The molecule has 0 atom stereocenters. The predicted molar refractivity (Wildman–Crippen MR) is 63.0 cm³/mol. The Labute approximate surface area is 125 Å². The smallest absolute Gasteiger partial charge is 1.00 e. The second kappa shape index (κ2) is 11.7. The summed E-state index contributed by atoms with van der Waals surface area (Å²) in [6.45, 7) is 5.21. The molecule has 0 aliphatic rings. The number of rotatable bonds is 6. The van der Waals surface area contributed by atoms with Crippen molar-refractivity contribution in [3.63, 3.8) is 0 Å². The van der Waals surface area contributed by atoms with Crippen molar-refractivity contribution in [2.45, 2.75) is 19.4 Å². The van der Waals surface area contributed by atoms with E-state index in [-0.39, 0.29) is 40.0 Å². The van der Waals surface area contributed by atoms with Crippen molar-refractivity contribution in [3.05, 3.63) is 36.8 Å². The first-order valence-electron chi connectivity index (χ1n) is 4.86. The zero-order chi connectivity index (χ0) is 10.2. The maximum absolute atomic E-state index is 5.45. The standard InChI is InChI=1S/C12H17O2.BrH.Mg/c1-3-4-9-14-10-11-5-7-12(13-2)8-6-11;;/h5-8H,1,3-4,9-10H2,2H3;1H;/q-1;;+2/p-1. The van der Waals surface area contributed by atoms with E-state index in [0.29, 0.717) is 6.61 Å². The minimum Gasteiger partial charge on any atom is -1.00 e. The van der Waals surface area contributed by atoms with E-state index in [2.05, 4.69) is 6.92 Å². The van der Waals surface area contributed by atoms with Crippen LogP contribution in [0.2, 0.25) is 0 Å². The first kappa shape index (κ1) is 18.6. The van der Waals surface area contributed by atoms with Crippen LogP contribution in [0.25, 0.3) is 0 Å². The Morgan fingerprint density at radius 1 is 1.19 bits per heavy atom. The summed E-state index contributed by atoms with van der Waals surface area (Å²) in [6.07, 6.45) is 1.96. The van der Waals surface area contributed by atoms with Gasteiger partial charge in [0.1, 0.15) is 5.75 Å². The molecule has 0 aromatic heterocycles. The van der Waals surface area contributed by atoms with Gasteiger partial charge in [-0.15, -0.1) is 0 Å². The largest absolute Gasteiger partial charge is 2.00 e. The van der Waals surface area contributed by atoms with Gasteiger partial charge in [0.25, 0.3) is 0 Å². The first-order chi connectivity index (χ1) is 6.86. The molecule has 2 nitrogen and oxygen atoms in total. The molecule has 86 valence electrons. The Morgan fingerprint density at radius 3 is 2.31 bits per heavy atom. The summed E-state index contributed by atoms with van der Waals surface area (Å²) in [5, 5.41) is 0. The number of unbranched alkanes of at least 4 members (excludes halogenated alkanes) is 1. The molecule has 0 fully saturated rings. The average Bonchev–Trinajstić information content (AvgIpc) is 2.25. The van der Waals surface area contributed by atoms with Gasteiger partial charge >= 0.3 is 23.1 Å². The summed E-state index contributed by atoms with van der Waals surface area (Å²) in [5.74, 6) is 0.881. The zero-order valence-electron chi connectivity index (χ0n) is 9.75. The summed E-state index contributed by atoms with van der Waals surface area (Å²) in [7, 11) is 1.67. The van der Waals surface area contributed by atoms with Crippen LogP contribution in [0.4, 0.5) is 0 Å². The maximum atomic E-state index is 5.45. The van der Waals surface area contributed by atoms with Crippen molar-refractivity contribution in [2.75, 3.05) is 13.7 Å². The van der Waals surface area contributed by atoms with Gasteiger partial charge in [-0.2, -0.15) is 6.42 Å². The van der Waals surface area contributed by atoms with E-state index in [1.807, 2.05) is 24.3 Å². The van der Waals surface area contributed by atoms with Crippen LogP contribution in [-0.2, 0) is 11.3 Å². The van der Waals surface area contributed by atoms with E-state index in [4.69, 9.17) is 9.47 Å². The van der Waals surface area contributed by atoms with E-state index in [0.717, 1.165) is 25.2 Å². The van der Waals surface area contributed by atoms with Crippen molar-refractivity contribution in [3.8, 4) is 5.75 Å². The van der Waals surface area contributed by atoms with Crippen molar-refractivity contribution < 1.29 is 26.5 Å². The summed E-state index contributed by atoms with van der Waals surface area (Å²) in [6, 6.07) is 7.92. The van der Waals surface area contributed by atoms with Crippen molar-refractivity contribution in [1.82, 2.24) is 0 Å². The van der Waals surface area contributed by atoms with Crippen LogP contribution in [0, 0.1) is 6.92 Å². The first-order valence-corrected chi connectivity index (χ1v) is 4.86. The number of benzene rings is 1. The van der Waals surface area contributed by atoms with Gasteiger partial charge in [0, 0.05) is 6.61 Å². The van der Waals surface area contributed by atoms with Gasteiger partial charge in [-0.1, -0.05) is 18.6 Å². The van der Waals surface area contributed by atoms with E-state index in [1.54, 1.807) is 7.11 Å². The molecule has 0 aliphatic carbocycles. The summed E-state index contributed by atoms with van der Waals surface area (Å²) in [4.78, 5) is 0. The van der Waals surface area contributed by atoms with Crippen LogP contribution < -0.4 is 21.7 Å². The average molecular weight is 297 g/mol. The monoisotopic (exact) mass is 296 g/mol. The molecule has 0 heterocycles. The van der Waals surface area contributed by atoms with Gasteiger partial charge in [0.2, 0.25) is 0 Å². The molecular formula is C12H17BrMgO2. The quantitative estimate of drug-likeness (QED) is 0.398. The van der Waals surface area contributed by atoms with Crippen molar-refractivity contribution in [1.29, 1.82) is 0 Å². The molecular weight excluding hydrogens is 280 g/mol. The molecule has 0 radical (unpaired) electrons. The molecule has 0 saturated heterocycles. The third-order valence-electron chi connectivity index (χ3n) is 1.97. The topological polar surface area (TPSA) is 18.5 Å². The summed E-state index contributed by atoms with van der Waals surface area (Å²) >= 11 is 0. The number of hydrogen-bond donors (Lipinski definition) is 0. The van der Waals surface area contributed by atoms with Gasteiger partial charge < -0.3 is 33.4 Å². The molecule has 1 rings (SSSR count). The molecule has 4 heteroatoms. The number of halogens is 1. The van der Waals surface area contributed by atoms with Crippen LogP contribution in [-0.4, -0.2) is 36.8 Å². The SMILES string of the molecule is [Br-].[CH2-]CCCOCc1ccc(OC)cc1.[Mg+2]. The molecule has 16 heavy (non-hydrogen) atoms. The number of ether oxygens (including phenoxy) is 2. The molecule has 0 amide bonds. The molecule has 0 aliphatic heterocycles. The normalized spacial score (nSPS) is 8.88. The predicted octanol–water partition coefficient (Wildman–Crippen LogP) is -0.551. The van der Waals surface area contributed by atoms with Crippen LogP contribution in [0.5, 0.6) is 5.75 Å². The molecule has 0 spiro atoms. The van der Waals surface area contributed by atoms with E-state index in [1.165, 1.54) is 5.56 Å². The summed E-state index contributed by atoms with van der Waals surface area (Å²) < 4.78 is 10.5. The fourth-order valence-electron chi connectivity index (χ4n) is 1.12. The van der Waals surface area contributed by atoms with Crippen LogP contribution in [0.3, 0.4) is 0 Å². The van der Waals surface area contributed by atoms with Crippen molar-refractivity contribution >= 4 is 23.1 Å². The molecule has 0 unspecified atom stereocenters. The Morgan fingerprint density at radius 2 is 1.81 bits per heavy atom. The van der Waals surface area contributed by atoms with E-state index >= 15 is 0 Å². The molecule has 0 N–H and O–H groups in total. The van der Waals surface area contributed by atoms with Gasteiger partial charge in [0.15, 0.2) is 0 Å². The Kier molecular flexibility index (Phi) is 13.6. The zero-order valence-corrected chi connectivity index (χ0v) is 12.7.